The number of carbonyl (C=O) groups is 1. The van der Waals surface area contributed by atoms with E-state index in [2.05, 4.69) is 4.98 Å². The van der Waals surface area contributed by atoms with Crippen LogP contribution in [0.5, 0.6) is 0 Å². The Labute approximate surface area is 185 Å². The van der Waals surface area contributed by atoms with Gasteiger partial charge >= 0.3 is 0 Å². The predicted octanol–water partition coefficient (Wildman–Crippen LogP) is 0.258. The third-order valence-electron chi connectivity index (χ3n) is 5.66. The van der Waals surface area contributed by atoms with Crippen molar-refractivity contribution in [3.8, 4) is 0 Å². The molecule has 0 amide bonds. The van der Waals surface area contributed by atoms with Gasteiger partial charge in [0.2, 0.25) is 5.78 Å². The average Bonchev–Trinajstić information content (AvgIpc) is 3.24. The quantitative estimate of drug-likeness (QED) is 0.338. The van der Waals surface area contributed by atoms with E-state index in [1.165, 1.54) is 26.9 Å². The summed E-state index contributed by atoms with van der Waals surface area (Å²) in [5.74, 6) is -0.220. The third kappa shape index (κ3) is 4.24. The van der Waals surface area contributed by atoms with Gasteiger partial charge in [-0.1, -0.05) is 0 Å². The molecule has 0 atom stereocenters. The van der Waals surface area contributed by atoms with Crippen LogP contribution in [-0.2, 0) is 22.0 Å². The normalized spacial score (nSPS) is 18.6. The van der Waals surface area contributed by atoms with E-state index in [0.717, 1.165) is 0 Å². The number of nitro groups is 1. The second kappa shape index (κ2) is 8.94. The first-order chi connectivity index (χ1) is 15.3. The van der Waals surface area contributed by atoms with Crippen molar-refractivity contribution >= 4 is 27.4 Å². The zero-order chi connectivity index (χ0) is 22.9. The molecule has 4 rings (SSSR count). The maximum absolute atomic E-state index is 12.8. The number of piperazine rings is 1. The minimum absolute atomic E-state index is 0.170. The maximum atomic E-state index is 12.8. The lowest BCUT2D eigenvalue weighted by atomic mass is 10.1. The van der Waals surface area contributed by atoms with Gasteiger partial charge < -0.3 is 14.2 Å². The van der Waals surface area contributed by atoms with Crippen LogP contribution >= 0.6 is 0 Å². The van der Waals surface area contributed by atoms with Crippen LogP contribution in [0.3, 0.4) is 0 Å². The SMILES string of the molecule is Cn1ccnc1C(=O)c1ccc(N2CCN(S(=O)(=O)N3CCOCC3)CC2)c([N+](=O)[O-])c1. The number of anilines is 1. The molecule has 3 heterocycles. The molecule has 0 saturated carbocycles. The summed E-state index contributed by atoms with van der Waals surface area (Å²) in [6, 6.07) is 4.33. The van der Waals surface area contributed by atoms with E-state index in [4.69, 9.17) is 4.74 Å². The minimum atomic E-state index is -3.59. The van der Waals surface area contributed by atoms with Gasteiger partial charge in [-0.25, -0.2) is 4.98 Å². The second-order valence-corrected chi connectivity index (χ2v) is 9.49. The van der Waals surface area contributed by atoms with E-state index in [1.54, 1.807) is 28.8 Å². The molecule has 0 radical (unpaired) electrons. The minimum Gasteiger partial charge on any atom is -0.379 e. The monoisotopic (exact) mass is 464 g/mol. The molecule has 2 aliphatic heterocycles. The fourth-order valence-electron chi connectivity index (χ4n) is 3.89. The lowest BCUT2D eigenvalue weighted by Gasteiger charge is -2.38. The molecule has 12 nitrogen and oxygen atoms in total. The first-order valence-corrected chi connectivity index (χ1v) is 11.6. The number of ether oxygens (including phenoxy) is 1. The summed E-state index contributed by atoms with van der Waals surface area (Å²) in [6.45, 7) is 2.41. The van der Waals surface area contributed by atoms with Gasteiger partial charge in [-0.05, 0) is 12.1 Å². The molecule has 0 aliphatic carbocycles. The van der Waals surface area contributed by atoms with E-state index < -0.39 is 20.9 Å². The van der Waals surface area contributed by atoms with Crippen LogP contribution in [0.2, 0.25) is 0 Å². The summed E-state index contributed by atoms with van der Waals surface area (Å²) in [6.07, 6.45) is 3.11. The molecule has 1 aromatic heterocycles. The highest BCUT2D eigenvalue weighted by atomic mass is 32.2. The Hall–Kier alpha value is -2.87. The van der Waals surface area contributed by atoms with Gasteiger partial charge in [0, 0.05) is 70.3 Å². The number of hydrogen-bond acceptors (Lipinski definition) is 8. The standard InChI is InChI=1S/C19H24N6O6S/c1-21-5-4-20-19(21)18(26)15-2-3-16(17(14-15)25(27)28)22-6-8-23(9-7-22)32(29,30)24-10-12-31-13-11-24/h2-5,14H,6-13H2,1H3. The molecular formula is C19H24N6O6S. The smallest absolute Gasteiger partial charge is 0.293 e. The zero-order valence-electron chi connectivity index (χ0n) is 17.6. The number of rotatable bonds is 6. The van der Waals surface area contributed by atoms with Gasteiger partial charge in [0.25, 0.3) is 15.9 Å². The van der Waals surface area contributed by atoms with Crippen LogP contribution in [0.4, 0.5) is 11.4 Å². The Morgan fingerprint density at radius 1 is 1.09 bits per heavy atom. The molecule has 2 aromatic rings. The summed E-state index contributed by atoms with van der Waals surface area (Å²) in [5, 5.41) is 11.7. The molecule has 0 unspecified atom stereocenters. The van der Waals surface area contributed by atoms with E-state index in [0.29, 0.717) is 45.1 Å². The number of nitrogens with zero attached hydrogens (tertiary/aromatic N) is 6. The topological polar surface area (TPSA) is 131 Å². The second-order valence-electron chi connectivity index (χ2n) is 7.56. The molecule has 13 heteroatoms. The molecule has 0 spiro atoms. The van der Waals surface area contributed by atoms with Gasteiger partial charge in [0.1, 0.15) is 5.69 Å². The number of morpholine rings is 1. The lowest BCUT2D eigenvalue weighted by molar-refractivity contribution is -0.384. The highest BCUT2D eigenvalue weighted by Gasteiger charge is 2.34. The number of hydrogen-bond donors (Lipinski definition) is 0. The van der Waals surface area contributed by atoms with E-state index in [1.807, 2.05) is 0 Å². The molecule has 32 heavy (non-hydrogen) atoms. The maximum Gasteiger partial charge on any atom is 0.293 e. The average molecular weight is 465 g/mol. The van der Waals surface area contributed by atoms with Gasteiger partial charge in [-0.2, -0.15) is 17.0 Å². The van der Waals surface area contributed by atoms with Crippen LogP contribution in [0, 0.1) is 10.1 Å². The number of nitro benzene ring substituents is 1. The summed E-state index contributed by atoms with van der Waals surface area (Å²) < 4.78 is 35.3. The fourth-order valence-corrected chi connectivity index (χ4v) is 5.45. The molecule has 172 valence electrons. The Bertz CT molecular complexity index is 1120. The van der Waals surface area contributed by atoms with Crippen molar-refractivity contribution in [2.75, 3.05) is 57.4 Å². The summed E-state index contributed by atoms with van der Waals surface area (Å²) in [4.78, 5) is 29.7. The summed E-state index contributed by atoms with van der Waals surface area (Å²) in [7, 11) is -1.92. The molecule has 0 N–H and O–H groups in total. The van der Waals surface area contributed by atoms with Gasteiger partial charge in [-0.15, -0.1) is 0 Å². The largest absolute Gasteiger partial charge is 0.379 e. The van der Waals surface area contributed by atoms with Crippen molar-refractivity contribution in [3.05, 3.63) is 52.1 Å². The molecule has 0 bridgehead atoms. The van der Waals surface area contributed by atoms with Crippen molar-refractivity contribution in [2.24, 2.45) is 7.05 Å². The van der Waals surface area contributed by atoms with Crippen LogP contribution in [0.15, 0.2) is 30.6 Å². The van der Waals surface area contributed by atoms with Gasteiger partial charge in [0.15, 0.2) is 5.82 Å². The number of aryl methyl sites for hydroxylation is 1. The summed E-state index contributed by atoms with van der Waals surface area (Å²) >= 11 is 0. The van der Waals surface area contributed by atoms with E-state index >= 15 is 0 Å². The highest BCUT2D eigenvalue weighted by Crippen LogP contribution is 2.31. The summed E-state index contributed by atoms with van der Waals surface area (Å²) in [5.41, 5.74) is 0.327. The molecular weight excluding hydrogens is 440 g/mol. The van der Waals surface area contributed by atoms with Crippen molar-refractivity contribution in [3.63, 3.8) is 0 Å². The fraction of sp³-hybridized carbons (Fsp3) is 0.474. The molecule has 2 fully saturated rings. The number of carbonyl (C=O) groups excluding carboxylic acids is 1. The van der Waals surface area contributed by atoms with E-state index in [9.17, 15) is 23.3 Å². The van der Waals surface area contributed by atoms with E-state index in [-0.39, 0.29) is 30.2 Å². The first-order valence-electron chi connectivity index (χ1n) is 10.2. The number of benzene rings is 1. The Morgan fingerprint density at radius 3 is 2.34 bits per heavy atom. The van der Waals surface area contributed by atoms with Crippen molar-refractivity contribution < 1.29 is 22.9 Å². The number of ketones is 1. The Kier molecular flexibility index (Phi) is 6.24. The predicted molar refractivity (Wildman–Crippen MR) is 115 cm³/mol. The van der Waals surface area contributed by atoms with Crippen LogP contribution < -0.4 is 4.90 Å². The van der Waals surface area contributed by atoms with Crippen LogP contribution in [-0.4, -0.2) is 89.8 Å². The zero-order valence-corrected chi connectivity index (χ0v) is 18.4. The highest BCUT2D eigenvalue weighted by molar-refractivity contribution is 7.86. The molecule has 1 aromatic carbocycles. The van der Waals surface area contributed by atoms with Crippen LogP contribution in [0.1, 0.15) is 16.2 Å². The number of imidazole rings is 1. The van der Waals surface area contributed by atoms with Crippen LogP contribution in [0.25, 0.3) is 0 Å². The van der Waals surface area contributed by atoms with Crippen molar-refractivity contribution in [1.29, 1.82) is 0 Å². The molecule has 2 saturated heterocycles. The van der Waals surface area contributed by atoms with Crippen molar-refractivity contribution in [2.45, 2.75) is 0 Å². The Balaban J connectivity index is 1.51. The Morgan fingerprint density at radius 2 is 1.75 bits per heavy atom. The number of aromatic nitrogens is 2. The lowest BCUT2D eigenvalue weighted by Crippen LogP contribution is -2.55. The first kappa shape index (κ1) is 22.3. The molecule has 2 aliphatic rings. The van der Waals surface area contributed by atoms with Crippen molar-refractivity contribution in [1.82, 2.24) is 18.2 Å². The van der Waals surface area contributed by atoms with Gasteiger partial charge in [0.05, 0.1) is 18.1 Å². The third-order valence-corrected chi connectivity index (χ3v) is 7.70. The van der Waals surface area contributed by atoms with Gasteiger partial charge in [-0.3, -0.25) is 14.9 Å².